The summed E-state index contributed by atoms with van der Waals surface area (Å²) in [7, 11) is 1.96. The molecule has 2 fully saturated rings. The Morgan fingerprint density at radius 1 is 1.24 bits per heavy atom. The summed E-state index contributed by atoms with van der Waals surface area (Å²) in [6, 6.07) is 4.19. The fourth-order valence-corrected chi connectivity index (χ4v) is 4.51. The number of nitrogens with one attached hydrogen (secondary N) is 1. The number of aromatic nitrogens is 2. The average molecular weight is 356 g/mol. The predicted molar refractivity (Wildman–Crippen MR) is 100 cm³/mol. The van der Waals surface area contributed by atoms with Gasteiger partial charge in [-0.3, -0.25) is 4.90 Å². The minimum atomic E-state index is 0.0685. The van der Waals surface area contributed by atoms with E-state index in [0.717, 1.165) is 41.6 Å². The van der Waals surface area contributed by atoms with Gasteiger partial charge in [-0.05, 0) is 50.0 Å². The van der Waals surface area contributed by atoms with Crippen LogP contribution in [0.3, 0.4) is 0 Å². The molecule has 5 rings (SSSR count). The van der Waals surface area contributed by atoms with Crippen molar-refractivity contribution in [3.63, 3.8) is 0 Å². The molecule has 0 amide bonds. The van der Waals surface area contributed by atoms with Gasteiger partial charge in [0.05, 0.1) is 28.0 Å². The number of fused-ring (bicyclic) bond motifs is 2. The first kappa shape index (κ1) is 15.4. The Labute approximate surface area is 152 Å². The molecular weight excluding hydrogens is 334 g/mol. The van der Waals surface area contributed by atoms with Crippen molar-refractivity contribution in [3.05, 3.63) is 40.7 Å². The maximum absolute atomic E-state index is 6.65. The number of hydrogen-bond donors (Lipinski definition) is 1. The second-order valence-corrected chi connectivity index (χ2v) is 7.80. The summed E-state index contributed by atoms with van der Waals surface area (Å²) in [4.78, 5) is 7.27. The Morgan fingerprint density at radius 3 is 2.72 bits per heavy atom. The zero-order chi connectivity index (χ0) is 17.0. The third kappa shape index (κ3) is 2.26. The van der Waals surface area contributed by atoms with Gasteiger partial charge in [0.25, 0.3) is 0 Å². The first-order valence-corrected chi connectivity index (χ1v) is 9.45. The van der Waals surface area contributed by atoms with Crippen LogP contribution >= 0.6 is 11.6 Å². The molecule has 1 spiro atoms. The molecule has 2 aromatic rings. The van der Waals surface area contributed by atoms with Crippen LogP contribution < -0.4 is 5.32 Å². The highest BCUT2D eigenvalue weighted by Gasteiger charge is 2.48. The van der Waals surface area contributed by atoms with Gasteiger partial charge >= 0.3 is 0 Å². The highest BCUT2D eigenvalue weighted by atomic mass is 35.5. The lowest BCUT2D eigenvalue weighted by atomic mass is 9.64. The maximum Gasteiger partial charge on any atom is 0.113 e. The molecule has 1 N–H and O–H groups in total. The van der Waals surface area contributed by atoms with Gasteiger partial charge in [-0.2, -0.15) is 5.10 Å². The third-order valence-corrected chi connectivity index (χ3v) is 6.25. The molecule has 0 unspecified atom stereocenters. The number of amidine groups is 1. The molecule has 5 nitrogen and oxygen atoms in total. The summed E-state index contributed by atoms with van der Waals surface area (Å²) in [5.74, 6) is 1.08. The van der Waals surface area contributed by atoms with E-state index in [9.17, 15) is 0 Å². The zero-order valence-electron chi connectivity index (χ0n) is 14.4. The molecule has 1 saturated heterocycles. The van der Waals surface area contributed by atoms with Crippen molar-refractivity contribution in [2.24, 2.45) is 4.99 Å². The van der Waals surface area contributed by atoms with Crippen LogP contribution in [0.15, 0.2) is 29.5 Å². The van der Waals surface area contributed by atoms with Crippen molar-refractivity contribution in [3.8, 4) is 5.69 Å². The van der Waals surface area contributed by atoms with Crippen molar-refractivity contribution < 1.29 is 0 Å². The van der Waals surface area contributed by atoms with E-state index in [1.807, 2.05) is 17.9 Å². The smallest absolute Gasteiger partial charge is 0.113 e. The number of rotatable bonds is 3. The molecule has 1 aromatic carbocycles. The normalized spacial score (nSPS) is 20.8. The lowest BCUT2D eigenvalue weighted by molar-refractivity contribution is 0.172. The van der Waals surface area contributed by atoms with Crippen LogP contribution in [0.2, 0.25) is 5.02 Å². The molecule has 3 aliphatic rings. The minimum absolute atomic E-state index is 0.0685. The summed E-state index contributed by atoms with van der Waals surface area (Å²) < 4.78 is 1.89. The van der Waals surface area contributed by atoms with Gasteiger partial charge in [-0.1, -0.05) is 18.0 Å². The molecule has 2 aliphatic heterocycles. The molecule has 6 heteroatoms. The first-order chi connectivity index (χ1) is 12.2. The number of benzene rings is 1. The first-order valence-electron chi connectivity index (χ1n) is 9.07. The van der Waals surface area contributed by atoms with E-state index in [1.165, 1.54) is 37.1 Å². The number of hydrogen-bond acceptors (Lipinski definition) is 4. The Bertz CT molecular complexity index is 861. The summed E-state index contributed by atoms with van der Waals surface area (Å²) in [5.41, 5.74) is 4.50. The zero-order valence-corrected chi connectivity index (χ0v) is 15.2. The summed E-state index contributed by atoms with van der Waals surface area (Å²) in [6.45, 7) is 3.34. The van der Waals surface area contributed by atoms with E-state index in [4.69, 9.17) is 16.6 Å². The monoisotopic (exact) mass is 355 g/mol. The van der Waals surface area contributed by atoms with Gasteiger partial charge in [-0.15, -0.1) is 0 Å². The standard InChI is InChI=1S/C19H22ClN5/c1-21-18-19(4-2-5-19)14-8-15(20)17(9-16(14)23-18)25-12-13(10-22-25)11-24-6-3-7-24/h8-10,12H,2-7,11H2,1H3,(H,21,23). The van der Waals surface area contributed by atoms with Crippen molar-refractivity contribution >= 4 is 23.1 Å². The highest BCUT2D eigenvalue weighted by molar-refractivity contribution is 6.32. The van der Waals surface area contributed by atoms with Crippen molar-refractivity contribution in [2.45, 2.75) is 37.6 Å². The number of likely N-dealkylation sites (tertiary alicyclic amines) is 1. The number of nitrogens with zero attached hydrogens (tertiary/aromatic N) is 4. The maximum atomic E-state index is 6.65. The van der Waals surface area contributed by atoms with Gasteiger partial charge in [0.15, 0.2) is 0 Å². The Kier molecular flexibility index (Phi) is 3.44. The lowest BCUT2D eigenvalue weighted by Gasteiger charge is -2.40. The molecule has 0 bridgehead atoms. The second-order valence-electron chi connectivity index (χ2n) is 7.39. The number of likely N-dealkylation sites (N-methyl/N-ethyl adjacent to an activating group) is 1. The number of halogens is 1. The van der Waals surface area contributed by atoms with Crippen LogP contribution in [0, 0.1) is 0 Å². The fraction of sp³-hybridized carbons (Fsp3) is 0.474. The SMILES string of the molecule is CNC1=Nc2cc(-n3cc(CN4CCC4)cn3)c(Cl)cc2C12CCC2. The van der Waals surface area contributed by atoms with E-state index in [1.54, 1.807) is 0 Å². The van der Waals surface area contributed by atoms with Gasteiger partial charge in [0.2, 0.25) is 0 Å². The molecule has 1 saturated carbocycles. The van der Waals surface area contributed by atoms with E-state index in [-0.39, 0.29) is 5.41 Å². The average Bonchev–Trinajstić information content (AvgIpc) is 3.11. The van der Waals surface area contributed by atoms with Gasteiger partial charge in [0, 0.05) is 25.4 Å². The minimum Gasteiger partial charge on any atom is -0.376 e. The largest absolute Gasteiger partial charge is 0.376 e. The van der Waals surface area contributed by atoms with Crippen LogP contribution in [0.4, 0.5) is 5.69 Å². The van der Waals surface area contributed by atoms with Crippen molar-refractivity contribution in [1.29, 1.82) is 0 Å². The topological polar surface area (TPSA) is 45.5 Å². The Morgan fingerprint density at radius 2 is 2.08 bits per heavy atom. The lowest BCUT2D eigenvalue weighted by Crippen LogP contribution is -2.45. The van der Waals surface area contributed by atoms with Crippen LogP contribution in [0.5, 0.6) is 0 Å². The van der Waals surface area contributed by atoms with E-state index in [0.29, 0.717) is 0 Å². The van der Waals surface area contributed by atoms with E-state index in [2.05, 4.69) is 33.6 Å². The van der Waals surface area contributed by atoms with Crippen LogP contribution in [0.25, 0.3) is 5.69 Å². The third-order valence-electron chi connectivity index (χ3n) is 5.95. The molecule has 1 aliphatic carbocycles. The van der Waals surface area contributed by atoms with Gasteiger partial charge in [0.1, 0.15) is 5.84 Å². The quantitative estimate of drug-likeness (QED) is 0.917. The van der Waals surface area contributed by atoms with Crippen molar-refractivity contribution in [2.75, 3.05) is 20.1 Å². The molecule has 1 aromatic heterocycles. The summed E-state index contributed by atoms with van der Waals surface area (Å²) in [6.07, 6.45) is 8.88. The summed E-state index contributed by atoms with van der Waals surface area (Å²) in [5, 5.41) is 8.58. The van der Waals surface area contributed by atoms with Gasteiger partial charge in [-0.25, -0.2) is 9.67 Å². The predicted octanol–water partition coefficient (Wildman–Crippen LogP) is 3.42. The molecule has 130 valence electrons. The molecular formula is C19H22ClN5. The highest BCUT2D eigenvalue weighted by Crippen LogP contribution is 2.53. The Hall–Kier alpha value is -1.85. The van der Waals surface area contributed by atoms with Crippen LogP contribution in [-0.4, -0.2) is 40.7 Å². The van der Waals surface area contributed by atoms with Crippen LogP contribution in [0.1, 0.15) is 36.8 Å². The van der Waals surface area contributed by atoms with Crippen molar-refractivity contribution in [1.82, 2.24) is 20.0 Å². The second kappa shape index (κ2) is 5.58. The fourth-order valence-electron chi connectivity index (χ4n) is 4.26. The molecule has 0 radical (unpaired) electrons. The Balaban J connectivity index is 1.50. The van der Waals surface area contributed by atoms with Gasteiger partial charge < -0.3 is 5.32 Å². The summed E-state index contributed by atoms with van der Waals surface area (Å²) >= 11 is 6.65. The molecule has 25 heavy (non-hydrogen) atoms. The van der Waals surface area contributed by atoms with Crippen LogP contribution in [-0.2, 0) is 12.0 Å². The number of aliphatic imine (C=N–C) groups is 1. The molecule has 3 heterocycles. The van der Waals surface area contributed by atoms with E-state index < -0.39 is 0 Å². The van der Waals surface area contributed by atoms with E-state index >= 15 is 0 Å². The molecule has 0 atom stereocenters.